The number of aliphatic hydroxyl groups excluding tert-OH is 1. The molecular weight excluding hydrogens is 312 g/mol. The second-order valence-corrected chi connectivity index (χ2v) is 7.09. The highest BCUT2D eigenvalue weighted by Crippen LogP contribution is 2.27. The van der Waals surface area contributed by atoms with Crippen molar-refractivity contribution < 1.29 is 14.3 Å². The molecule has 2 aromatic rings. The summed E-state index contributed by atoms with van der Waals surface area (Å²) < 4.78 is 5.70. The molecule has 2 unspecified atom stereocenters. The quantitative estimate of drug-likeness (QED) is 0.913. The van der Waals surface area contributed by atoms with Crippen LogP contribution in [-0.2, 0) is 11.2 Å². The number of hydrogen-bond donors (Lipinski definition) is 1. The maximum atomic E-state index is 12.6. The Morgan fingerprint density at radius 2 is 2.43 bits per heavy atom. The summed E-state index contributed by atoms with van der Waals surface area (Å²) in [6, 6.07) is 4.06. The summed E-state index contributed by atoms with van der Waals surface area (Å²) in [5, 5.41) is 11.6. The highest BCUT2D eigenvalue weighted by atomic mass is 32.1. The number of amides is 1. The van der Waals surface area contributed by atoms with Crippen LogP contribution in [0.2, 0.25) is 0 Å². The summed E-state index contributed by atoms with van der Waals surface area (Å²) in [7, 11) is 0. The van der Waals surface area contributed by atoms with Gasteiger partial charge in [-0.1, -0.05) is 6.07 Å². The Labute approximate surface area is 140 Å². The number of carbonyl (C=O) groups is 1. The first-order valence-corrected chi connectivity index (χ1v) is 8.90. The fraction of sp³-hybridized carbons (Fsp3) is 0.529. The van der Waals surface area contributed by atoms with E-state index in [1.807, 2.05) is 29.3 Å². The molecule has 0 spiro atoms. The third-order valence-electron chi connectivity index (χ3n) is 4.25. The van der Waals surface area contributed by atoms with Crippen molar-refractivity contribution in [3.05, 3.63) is 29.0 Å². The molecule has 5 nitrogen and oxygen atoms in total. The number of aliphatic hydroxyl groups is 1. The van der Waals surface area contributed by atoms with Crippen LogP contribution < -0.4 is 0 Å². The summed E-state index contributed by atoms with van der Waals surface area (Å²) in [5.41, 5.74) is 0.709. The summed E-state index contributed by atoms with van der Waals surface area (Å²) in [5.74, 6) is 1.36. The Hall–Kier alpha value is -1.66. The average molecular weight is 334 g/mol. The molecule has 1 aliphatic rings. The Balaban J connectivity index is 1.70. The molecule has 2 aromatic heterocycles. The third kappa shape index (κ3) is 3.64. The largest absolute Gasteiger partial charge is 0.440 e. The van der Waals surface area contributed by atoms with Gasteiger partial charge in [0.15, 0.2) is 0 Å². The fourth-order valence-corrected chi connectivity index (χ4v) is 3.79. The average Bonchev–Trinajstić information content (AvgIpc) is 3.20. The molecule has 124 valence electrons. The van der Waals surface area contributed by atoms with Crippen molar-refractivity contribution in [2.75, 3.05) is 6.54 Å². The van der Waals surface area contributed by atoms with Gasteiger partial charge in [0.1, 0.15) is 5.76 Å². The van der Waals surface area contributed by atoms with Gasteiger partial charge in [-0.3, -0.25) is 4.79 Å². The first-order valence-electron chi connectivity index (χ1n) is 8.02. The maximum Gasteiger partial charge on any atom is 0.236 e. The summed E-state index contributed by atoms with van der Waals surface area (Å²) in [4.78, 5) is 20.0. The van der Waals surface area contributed by atoms with E-state index in [4.69, 9.17) is 4.42 Å². The number of hydrogen-bond acceptors (Lipinski definition) is 5. The van der Waals surface area contributed by atoms with Crippen molar-refractivity contribution in [2.24, 2.45) is 0 Å². The molecule has 0 aliphatic carbocycles. The van der Waals surface area contributed by atoms with E-state index in [1.54, 1.807) is 18.3 Å². The second kappa shape index (κ2) is 6.84. The standard InChI is InChI=1S/C17H22N2O3S/c1-11(20)9-13-5-3-7-19(13)16(21)10-14-12(2)22-17(18-14)15-6-4-8-23-15/h4,6,8,11,13,20H,3,5,7,9-10H2,1-2H3. The lowest BCUT2D eigenvalue weighted by atomic mass is 10.1. The monoisotopic (exact) mass is 334 g/mol. The minimum Gasteiger partial charge on any atom is -0.440 e. The van der Waals surface area contributed by atoms with Crippen molar-refractivity contribution in [1.29, 1.82) is 0 Å². The van der Waals surface area contributed by atoms with Gasteiger partial charge in [0, 0.05) is 12.6 Å². The first-order chi connectivity index (χ1) is 11.0. The third-order valence-corrected chi connectivity index (χ3v) is 5.11. The molecule has 1 saturated heterocycles. The fourth-order valence-electron chi connectivity index (χ4n) is 3.15. The zero-order valence-electron chi connectivity index (χ0n) is 13.5. The van der Waals surface area contributed by atoms with E-state index in [9.17, 15) is 9.90 Å². The molecule has 3 heterocycles. The van der Waals surface area contributed by atoms with Crippen molar-refractivity contribution in [1.82, 2.24) is 9.88 Å². The van der Waals surface area contributed by atoms with Crippen LogP contribution in [0.3, 0.4) is 0 Å². The number of thiophene rings is 1. The molecule has 6 heteroatoms. The molecule has 0 radical (unpaired) electrons. The predicted molar refractivity (Wildman–Crippen MR) is 89.3 cm³/mol. The number of aromatic nitrogens is 1. The predicted octanol–water partition coefficient (Wildman–Crippen LogP) is 3.02. The van der Waals surface area contributed by atoms with E-state index in [-0.39, 0.29) is 24.5 Å². The summed E-state index contributed by atoms with van der Waals surface area (Å²) >= 11 is 1.57. The summed E-state index contributed by atoms with van der Waals surface area (Å²) in [6.07, 6.45) is 2.49. The molecule has 1 N–H and O–H groups in total. The van der Waals surface area contributed by atoms with Crippen LogP contribution in [0.15, 0.2) is 21.9 Å². The van der Waals surface area contributed by atoms with Gasteiger partial charge in [-0.25, -0.2) is 4.98 Å². The van der Waals surface area contributed by atoms with E-state index in [0.29, 0.717) is 23.8 Å². The van der Waals surface area contributed by atoms with E-state index in [0.717, 1.165) is 24.3 Å². The van der Waals surface area contributed by atoms with Crippen LogP contribution >= 0.6 is 11.3 Å². The number of aryl methyl sites for hydroxylation is 1. The number of rotatable bonds is 5. The zero-order valence-corrected chi connectivity index (χ0v) is 14.3. The lowest BCUT2D eigenvalue weighted by Crippen LogP contribution is -2.38. The van der Waals surface area contributed by atoms with Crippen LogP contribution in [0, 0.1) is 6.92 Å². The number of carbonyl (C=O) groups excluding carboxylic acids is 1. The topological polar surface area (TPSA) is 66.6 Å². The van der Waals surface area contributed by atoms with Gasteiger partial charge in [0.25, 0.3) is 0 Å². The second-order valence-electron chi connectivity index (χ2n) is 6.14. The molecule has 23 heavy (non-hydrogen) atoms. The van der Waals surface area contributed by atoms with Gasteiger partial charge in [-0.15, -0.1) is 11.3 Å². The molecule has 1 aliphatic heterocycles. The Bertz CT molecular complexity index is 663. The molecule has 0 bridgehead atoms. The number of nitrogens with zero attached hydrogens (tertiary/aromatic N) is 2. The minimum atomic E-state index is -0.382. The van der Waals surface area contributed by atoms with E-state index >= 15 is 0 Å². The molecule has 3 rings (SSSR count). The minimum absolute atomic E-state index is 0.0716. The van der Waals surface area contributed by atoms with Crippen molar-refractivity contribution >= 4 is 17.2 Å². The first kappa shape index (κ1) is 16.2. The zero-order chi connectivity index (χ0) is 16.4. The van der Waals surface area contributed by atoms with Gasteiger partial charge in [0.2, 0.25) is 11.8 Å². The summed E-state index contributed by atoms with van der Waals surface area (Å²) in [6.45, 7) is 4.39. The van der Waals surface area contributed by atoms with Crippen LogP contribution in [0.5, 0.6) is 0 Å². The molecular formula is C17H22N2O3S. The normalized spacial score (nSPS) is 19.3. The lowest BCUT2D eigenvalue weighted by Gasteiger charge is -2.25. The van der Waals surface area contributed by atoms with Gasteiger partial charge in [-0.05, 0) is 44.6 Å². The lowest BCUT2D eigenvalue weighted by molar-refractivity contribution is -0.131. The molecule has 0 aromatic carbocycles. The number of likely N-dealkylation sites (tertiary alicyclic amines) is 1. The van der Waals surface area contributed by atoms with Gasteiger partial charge < -0.3 is 14.4 Å². The van der Waals surface area contributed by atoms with E-state index in [2.05, 4.69) is 4.98 Å². The SMILES string of the molecule is Cc1oc(-c2cccs2)nc1CC(=O)N1CCCC1CC(C)O. The molecule has 1 fully saturated rings. The van der Waals surface area contributed by atoms with Crippen LogP contribution in [-0.4, -0.2) is 39.6 Å². The van der Waals surface area contributed by atoms with Gasteiger partial charge >= 0.3 is 0 Å². The number of oxazole rings is 1. The highest BCUT2D eigenvalue weighted by molar-refractivity contribution is 7.13. The van der Waals surface area contributed by atoms with Crippen LogP contribution in [0.25, 0.3) is 10.8 Å². The maximum absolute atomic E-state index is 12.6. The highest BCUT2D eigenvalue weighted by Gasteiger charge is 2.30. The van der Waals surface area contributed by atoms with Crippen molar-refractivity contribution in [3.63, 3.8) is 0 Å². The van der Waals surface area contributed by atoms with Crippen molar-refractivity contribution in [2.45, 2.75) is 51.7 Å². The Morgan fingerprint density at radius 3 is 3.13 bits per heavy atom. The molecule has 0 saturated carbocycles. The van der Waals surface area contributed by atoms with Gasteiger partial charge in [0.05, 0.1) is 23.1 Å². The Kier molecular flexibility index (Phi) is 4.82. The molecule has 2 atom stereocenters. The van der Waals surface area contributed by atoms with Gasteiger partial charge in [-0.2, -0.15) is 0 Å². The van der Waals surface area contributed by atoms with Crippen molar-refractivity contribution in [3.8, 4) is 10.8 Å². The molecule has 1 amide bonds. The van der Waals surface area contributed by atoms with Crippen LogP contribution in [0.4, 0.5) is 0 Å². The van der Waals surface area contributed by atoms with E-state index in [1.165, 1.54) is 0 Å². The van der Waals surface area contributed by atoms with E-state index < -0.39 is 0 Å². The Morgan fingerprint density at radius 1 is 1.61 bits per heavy atom. The van der Waals surface area contributed by atoms with Crippen LogP contribution in [0.1, 0.15) is 37.6 Å². The smallest absolute Gasteiger partial charge is 0.236 e.